The van der Waals surface area contributed by atoms with Crippen molar-refractivity contribution in [3.8, 4) is 11.6 Å². The lowest BCUT2D eigenvalue weighted by Gasteiger charge is -2.15. The van der Waals surface area contributed by atoms with Crippen LogP contribution in [0.3, 0.4) is 0 Å². The van der Waals surface area contributed by atoms with Crippen LogP contribution in [-0.4, -0.2) is 17.6 Å². The fraction of sp³-hybridized carbons (Fsp3) is 0.143. The summed E-state index contributed by atoms with van der Waals surface area (Å²) in [7, 11) is 0. The molecule has 1 saturated heterocycles. The predicted molar refractivity (Wildman–Crippen MR) is 106 cm³/mol. The Morgan fingerprint density at radius 3 is 2.53 bits per heavy atom. The summed E-state index contributed by atoms with van der Waals surface area (Å²) in [6.07, 6.45) is -2.97. The van der Waals surface area contributed by atoms with Gasteiger partial charge in [0, 0.05) is 11.1 Å². The Morgan fingerprint density at radius 2 is 1.87 bits per heavy atom. The molecule has 1 aliphatic rings. The first-order chi connectivity index (χ1) is 14.3. The smallest absolute Gasteiger partial charge is 0.416 e. The van der Waals surface area contributed by atoms with Gasteiger partial charge in [0.1, 0.15) is 5.75 Å². The lowest BCUT2D eigenvalue weighted by atomic mass is 10.0. The number of alkyl halides is 3. The van der Waals surface area contributed by atoms with E-state index in [0.717, 1.165) is 12.1 Å². The number of nitrogens with one attached hydrogen (secondary N) is 1. The number of rotatable bonds is 4. The van der Waals surface area contributed by atoms with Crippen LogP contribution in [0.2, 0.25) is 5.02 Å². The molecule has 3 aromatic rings. The van der Waals surface area contributed by atoms with Gasteiger partial charge in [-0.05, 0) is 48.0 Å². The number of ether oxygens (including phenoxy) is 1. The maximum absolute atomic E-state index is 13.0. The van der Waals surface area contributed by atoms with E-state index in [4.69, 9.17) is 16.3 Å². The fourth-order valence-electron chi connectivity index (χ4n) is 3.10. The number of benzene rings is 2. The van der Waals surface area contributed by atoms with Crippen molar-refractivity contribution in [3.05, 3.63) is 83.0 Å². The van der Waals surface area contributed by atoms with Crippen LogP contribution in [0.5, 0.6) is 11.6 Å². The highest BCUT2D eigenvalue weighted by Gasteiger charge is 2.34. The van der Waals surface area contributed by atoms with Gasteiger partial charge in [0.25, 0.3) is 0 Å². The van der Waals surface area contributed by atoms with Gasteiger partial charge >= 0.3 is 12.2 Å². The van der Waals surface area contributed by atoms with E-state index in [1.54, 1.807) is 42.5 Å². The normalized spacial score (nSPS) is 16.5. The number of urea groups is 1. The number of nitrogens with zero attached hydrogens (tertiary/aromatic N) is 2. The third-order valence-corrected chi connectivity index (χ3v) is 4.84. The minimum absolute atomic E-state index is 0.180. The van der Waals surface area contributed by atoms with Crippen molar-refractivity contribution < 1.29 is 22.7 Å². The molecule has 1 N–H and O–H groups in total. The largest absolute Gasteiger partial charge is 0.439 e. The maximum atomic E-state index is 13.0. The van der Waals surface area contributed by atoms with Crippen molar-refractivity contribution >= 4 is 23.3 Å². The van der Waals surface area contributed by atoms with Gasteiger partial charge in [-0.15, -0.1) is 0 Å². The average molecular weight is 434 g/mol. The molecule has 30 heavy (non-hydrogen) atoms. The molecule has 0 spiro atoms. The Labute approximate surface area is 175 Å². The summed E-state index contributed by atoms with van der Waals surface area (Å²) in [5, 5.41) is 3.29. The van der Waals surface area contributed by atoms with Crippen LogP contribution < -0.4 is 15.0 Å². The molecule has 1 atom stereocenters. The second-order valence-corrected chi connectivity index (χ2v) is 7.08. The van der Waals surface area contributed by atoms with Gasteiger partial charge in [0.05, 0.1) is 30.0 Å². The highest BCUT2D eigenvalue weighted by molar-refractivity contribution is 6.30. The Kier molecular flexibility index (Phi) is 5.26. The summed E-state index contributed by atoms with van der Waals surface area (Å²) in [6, 6.07) is 14.0. The van der Waals surface area contributed by atoms with Gasteiger partial charge in [0.2, 0.25) is 5.88 Å². The molecule has 5 nitrogen and oxygen atoms in total. The van der Waals surface area contributed by atoms with Crippen LogP contribution in [0, 0.1) is 0 Å². The molecule has 0 saturated carbocycles. The predicted octanol–water partition coefficient (Wildman–Crippen LogP) is 5.82. The number of hydrogen-bond acceptors (Lipinski definition) is 3. The van der Waals surface area contributed by atoms with Crippen molar-refractivity contribution in [1.29, 1.82) is 0 Å². The molecule has 9 heteroatoms. The van der Waals surface area contributed by atoms with E-state index in [2.05, 4.69) is 10.3 Å². The fourth-order valence-corrected chi connectivity index (χ4v) is 3.22. The Bertz CT molecular complexity index is 1060. The van der Waals surface area contributed by atoms with Crippen molar-refractivity contribution in [3.63, 3.8) is 0 Å². The highest BCUT2D eigenvalue weighted by Crippen LogP contribution is 2.33. The van der Waals surface area contributed by atoms with Crippen LogP contribution in [0.1, 0.15) is 17.2 Å². The molecule has 0 aliphatic carbocycles. The molecule has 2 aromatic carbocycles. The highest BCUT2D eigenvalue weighted by atomic mass is 35.5. The van der Waals surface area contributed by atoms with Crippen LogP contribution in [0.15, 0.2) is 66.9 Å². The standard InChI is InChI=1S/C21H15ClF3N3O2/c22-15-4-7-17(8-5-15)30-19-9-6-16(11-26-19)28-12-18(27-20(28)29)13-2-1-3-14(10-13)21(23,24)25/h1-11,18H,12H2,(H,27,29)/t18-/m1/s1. The number of carbonyl (C=O) groups excluding carboxylic acids is 1. The number of amides is 2. The zero-order chi connectivity index (χ0) is 21.3. The van der Waals surface area contributed by atoms with Crippen molar-refractivity contribution in [1.82, 2.24) is 10.3 Å². The minimum atomic E-state index is -4.44. The van der Waals surface area contributed by atoms with E-state index in [1.807, 2.05) is 0 Å². The number of aromatic nitrogens is 1. The lowest BCUT2D eigenvalue weighted by Crippen LogP contribution is -2.27. The molecule has 0 radical (unpaired) electrons. The molecule has 2 heterocycles. The molecular weight excluding hydrogens is 419 g/mol. The number of halogens is 4. The minimum Gasteiger partial charge on any atom is -0.439 e. The molecule has 4 rings (SSSR count). The molecule has 0 bridgehead atoms. The molecule has 1 aliphatic heterocycles. The zero-order valence-corrected chi connectivity index (χ0v) is 16.1. The molecular formula is C21H15ClF3N3O2. The molecule has 0 unspecified atom stereocenters. The number of carbonyl (C=O) groups is 1. The van der Waals surface area contributed by atoms with Gasteiger partial charge in [0.15, 0.2) is 0 Å². The number of anilines is 1. The topological polar surface area (TPSA) is 54.5 Å². The van der Waals surface area contributed by atoms with E-state index in [0.29, 0.717) is 27.9 Å². The first-order valence-electron chi connectivity index (χ1n) is 8.94. The zero-order valence-electron chi connectivity index (χ0n) is 15.4. The summed E-state index contributed by atoms with van der Waals surface area (Å²) < 4.78 is 44.5. The van der Waals surface area contributed by atoms with Crippen LogP contribution in [-0.2, 0) is 6.18 Å². The number of hydrogen-bond donors (Lipinski definition) is 1. The van der Waals surface area contributed by atoms with Gasteiger partial charge in [-0.25, -0.2) is 9.78 Å². The van der Waals surface area contributed by atoms with Gasteiger partial charge in [-0.1, -0.05) is 23.7 Å². The SMILES string of the molecule is O=C1N[C@@H](c2cccc(C(F)(F)F)c2)CN1c1ccc(Oc2ccc(Cl)cc2)nc1. The summed E-state index contributed by atoms with van der Waals surface area (Å²) in [6.45, 7) is 0.180. The van der Waals surface area contributed by atoms with E-state index in [9.17, 15) is 18.0 Å². The number of pyridine rings is 1. The summed E-state index contributed by atoms with van der Waals surface area (Å²) in [5.74, 6) is 0.887. The Hall–Kier alpha value is -3.26. The van der Waals surface area contributed by atoms with Crippen molar-refractivity contribution in [2.45, 2.75) is 12.2 Å². The van der Waals surface area contributed by atoms with Gasteiger partial charge in [-0.2, -0.15) is 13.2 Å². The second kappa shape index (κ2) is 7.87. The van der Waals surface area contributed by atoms with Gasteiger partial charge < -0.3 is 10.1 Å². The Morgan fingerprint density at radius 1 is 1.10 bits per heavy atom. The molecule has 1 aromatic heterocycles. The summed E-state index contributed by atoms with van der Waals surface area (Å²) >= 11 is 5.84. The third kappa shape index (κ3) is 4.33. The summed E-state index contributed by atoms with van der Waals surface area (Å²) in [4.78, 5) is 18.0. The molecule has 2 amide bonds. The first kappa shape index (κ1) is 20.0. The van der Waals surface area contributed by atoms with E-state index in [1.165, 1.54) is 17.2 Å². The molecule has 154 valence electrons. The average Bonchev–Trinajstić information content (AvgIpc) is 3.11. The first-order valence-corrected chi connectivity index (χ1v) is 9.32. The van der Waals surface area contributed by atoms with E-state index >= 15 is 0 Å². The van der Waals surface area contributed by atoms with E-state index < -0.39 is 23.8 Å². The lowest BCUT2D eigenvalue weighted by molar-refractivity contribution is -0.137. The Balaban J connectivity index is 1.47. The van der Waals surface area contributed by atoms with Crippen LogP contribution >= 0.6 is 11.6 Å². The third-order valence-electron chi connectivity index (χ3n) is 4.59. The van der Waals surface area contributed by atoms with Crippen molar-refractivity contribution in [2.75, 3.05) is 11.4 Å². The quantitative estimate of drug-likeness (QED) is 0.564. The van der Waals surface area contributed by atoms with E-state index in [-0.39, 0.29) is 6.54 Å². The monoisotopic (exact) mass is 433 g/mol. The van der Waals surface area contributed by atoms with Crippen LogP contribution in [0.4, 0.5) is 23.7 Å². The molecule has 1 fully saturated rings. The van der Waals surface area contributed by atoms with Gasteiger partial charge in [-0.3, -0.25) is 4.90 Å². The maximum Gasteiger partial charge on any atom is 0.416 e. The van der Waals surface area contributed by atoms with Crippen molar-refractivity contribution in [2.24, 2.45) is 0 Å². The second-order valence-electron chi connectivity index (χ2n) is 6.65. The summed E-state index contributed by atoms with van der Waals surface area (Å²) in [5.41, 5.74) is 0.139. The van der Waals surface area contributed by atoms with Crippen LogP contribution in [0.25, 0.3) is 0 Å².